The maximum Gasteiger partial charge on any atom is 0.243 e. The number of amides is 2. The summed E-state index contributed by atoms with van der Waals surface area (Å²) in [5.41, 5.74) is 0.805. The van der Waals surface area contributed by atoms with E-state index in [0.29, 0.717) is 23.6 Å². The van der Waals surface area contributed by atoms with Gasteiger partial charge in [-0.15, -0.1) is 11.8 Å². The molecule has 1 fully saturated rings. The lowest BCUT2D eigenvalue weighted by molar-refractivity contribution is -0.141. The molecule has 0 spiro atoms. The first-order valence-corrected chi connectivity index (χ1v) is 13.0. The summed E-state index contributed by atoms with van der Waals surface area (Å²) in [6, 6.07) is 13.3. The van der Waals surface area contributed by atoms with Crippen molar-refractivity contribution in [3.8, 4) is 0 Å². The largest absolute Gasteiger partial charge is 0.352 e. The third kappa shape index (κ3) is 8.04. The van der Waals surface area contributed by atoms with Crippen molar-refractivity contribution in [2.24, 2.45) is 0 Å². The van der Waals surface area contributed by atoms with Crippen LogP contribution in [0.1, 0.15) is 57.4 Å². The normalized spacial score (nSPS) is 15.1. The lowest BCUT2D eigenvalue weighted by Gasteiger charge is -2.33. The van der Waals surface area contributed by atoms with Gasteiger partial charge in [-0.3, -0.25) is 9.59 Å². The summed E-state index contributed by atoms with van der Waals surface area (Å²) in [7, 11) is 0. The molecule has 1 aliphatic rings. The molecule has 0 aromatic heterocycles. The van der Waals surface area contributed by atoms with Crippen molar-refractivity contribution >= 4 is 35.2 Å². The van der Waals surface area contributed by atoms with E-state index in [1.807, 2.05) is 31.2 Å². The van der Waals surface area contributed by atoms with Crippen LogP contribution in [0.25, 0.3) is 0 Å². The third-order valence-electron chi connectivity index (χ3n) is 6.00. The van der Waals surface area contributed by atoms with Crippen LogP contribution in [0.4, 0.5) is 4.39 Å². The van der Waals surface area contributed by atoms with E-state index < -0.39 is 6.04 Å². The van der Waals surface area contributed by atoms with Gasteiger partial charge in [-0.05, 0) is 61.2 Å². The number of halogens is 2. The highest BCUT2D eigenvalue weighted by Crippen LogP contribution is 2.23. The van der Waals surface area contributed by atoms with Crippen LogP contribution in [0.2, 0.25) is 5.02 Å². The minimum atomic E-state index is -0.551. The number of hydrogen-bond donors (Lipinski definition) is 1. The first-order valence-electron chi connectivity index (χ1n) is 11.7. The molecule has 178 valence electrons. The van der Waals surface area contributed by atoms with Gasteiger partial charge in [0.15, 0.2) is 0 Å². The van der Waals surface area contributed by atoms with E-state index in [9.17, 15) is 14.0 Å². The molecule has 0 radical (unpaired) electrons. The Labute approximate surface area is 205 Å². The Balaban J connectivity index is 1.68. The van der Waals surface area contributed by atoms with Crippen molar-refractivity contribution in [2.75, 3.05) is 5.75 Å². The monoisotopic (exact) mass is 490 g/mol. The molecule has 0 bridgehead atoms. The molecule has 7 heteroatoms. The fourth-order valence-electron chi connectivity index (χ4n) is 4.18. The van der Waals surface area contributed by atoms with Crippen LogP contribution >= 0.6 is 23.4 Å². The van der Waals surface area contributed by atoms with Gasteiger partial charge >= 0.3 is 0 Å². The molecule has 1 atom stereocenters. The number of benzene rings is 2. The molecule has 0 heterocycles. The molecule has 33 heavy (non-hydrogen) atoms. The van der Waals surface area contributed by atoms with Gasteiger partial charge in [0.1, 0.15) is 11.9 Å². The molecule has 2 aromatic carbocycles. The molecular weight excluding hydrogens is 459 g/mol. The van der Waals surface area contributed by atoms with Crippen molar-refractivity contribution in [3.05, 3.63) is 64.9 Å². The van der Waals surface area contributed by atoms with Gasteiger partial charge in [-0.2, -0.15) is 0 Å². The molecule has 1 saturated carbocycles. The second-order valence-electron chi connectivity index (χ2n) is 8.47. The van der Waals surface area contributed by atoms with E-state index in [0.717, 1.165) is 36.1 Å². The van der Waals surface area contributed by atoms with E-state index in [1.165, 1.54) is 18.6 Å². The van der Waals surface area contributed by atoms with E-state index in [4.69, 9.17) is 11.6 Å². The van der Waals surface area contributed by atoms with E-state index in [2.05, 4.69) is 5.32 Å². The molecule has 0 aliphatic heterocycles. The number of nitrogens with one attached hydrogen (secondary N) is 1. The average molecular weight is 491 g/mol. The van der Waals surface area contributed by atoms with Crippen LogP contribution in [-0.4, -0.2) is 34.6 Å². The van der Waals surface area contributed by atoms with Gasteiger partial charge in [-0.25, -0.2) is 4.39 Å². The van der Waals surface area contributed by atoms with E-state index >= 15 is 0 Å². The van der Waals surface area contributed by atoms with Crippen LogP contribution in [0.3, 0.4) is 0 Å². The highest BCUT2D eigenvalue weighted by Gasteiger charge is 2.30. The highest BCUT2D eigenvalue weighted by molar-refractivity contribution is 7.99. The van der Waals surface area contributed by atoms with Gasteiger partial charge in [-0.1, -0.05) is 49.9 Å². The molecule has 4 nitrogen and oxygen atoms in total. The number of hydrogen-bond acceptors (Lipinski definition) is 3. The van der Waals surface area contributed by atoms with Gasteiger partial charge in [0.05, 0.1) is 0 Å². The first-order chi connectivity index (χ1) is 16.0. The maximum atomic E-state index is 13.4. The number of nitrogens with zero attached hydrogens (tertiary/aromatic N) is 1. The van der Waals surface area contributed by atoms with Crippen molar-refractivity contribution in [2.45, 2.75) is 75.4 Å². The second-order valence-corrected chi connectivity index (χ2v) is 10.1. The second kappa shape index (κ2) is 13.0. The van der Waals surface area contributed by atoms with E-state index in [-0.39, 0.29) is 30.2 Å². The van der Waals surface area contributed by atoms with Crippen LogP contribution in [0.15, 0.2) is 53.4 Å². The molecular formula is C26H32ClFN2O2S. The number of carbonyl (C=O) groups excluding carboxylic acids is 2. The summed E-state index contributed by atoms with van der Waals surface area (Å²) in [5.74, 6) is 0.107. The molecule has 1 aliphatic carbocycles. The Kier molecular flexibility index (Phi) is 10.1. The molecule has 3 rings (SSSR count). The van der Waals surface area contributed by atoms with Crippen LogP contribution in [-0.2, 0) is 16.1 Å². The highest BCUT2D eigenvalue weighted by atomic mass is 35.5. The minimum absolute atomic E-state index is 0.0774. The standard InChI is InChI=1S/C26H32ClFN2O2S/c1-2-24(26(32)29-22-6-4-3-5-7-22)30(18-19-8-12-21(28)13-9-19)25(31)16-17-33-23-14-10-20(27)11-15-23/h8-15,22,24H,2-7,16-18H2,1H3,(H,29,32)/t24-/m0/s1. The Bertz CT molecular complexity index is 902. The van der Waals surface area contributed by atoms with Crippen molar-refractivity contribution in [1.29, 1.82) is 0 Å². The van der Waals surface area contributed by atoms with Crippen LogP contribution in [0.5, 0.6) is 0 Å². The lowest BCUT2D eigenvalue weighted by atomic mass is 9.95. The molecule has 0 unspecified atom stereocenters. The summed E-state index contributed by atoms with van der Waals surface area (Å²) < 4.78 is 13.4. The summed E-state index contributed by atoms with van der Waals surface area (Å²) in [4.78, 5) is 29.2. The maximum absolute atomic E-state index is 13.4. The zero-order valence-corrected chi connectivity index (χ0v) is 20.6. The third-order valence-corrected chi connectivity index (χ3v) is 7.27. The predicted octanol–water partition coefficient (Wildman–Crippen LogP) is 6.22. The Hall–Kier alpha value is -2.05. The first kappa shape index (κ1) is 25.6. The summed E-state index contributed by atoms with van der Waals surface area (Å²) in [5, 5.41) is 3.85. The topological polar surface area (TPSA) is 49.4 Å². The fraction of sp³-hybridized carbons (Fsp3) is 0.462. The Morgan fingerprint density at radius 3 is 2.39 bits per heavy atom. The van der Waals surface area contributed by atoms with Crippen LogP contribution in [0, 0.1) is 5.82 Å². The number of thioether (sulfide) groups is 1. The van der Waals surface area contributed by atoms with E-state index in [1.54, 1.807) is 28.8 Å². The smallest absolute Gasteiger partial charge is 0.243 e. The SMILES string of the molecule is CC[C@@H](C(=O)NC1CCCCC1)N(Cc1ccc(F)cc1)C(=O)CCSc1ccc(Cl)cc1. The van der Waals surface area contributed by atoms with Gasteiger partial charge in [0.25, 0.3) is 0 Å². The average Bonchev–Trinajstić information content (AvgIpc) is 2.82. The number of carbonyl (C=O) groups is 2. The Morgan fingerprint density at radius 1 is 1.09 bits per heavy atom. The fourth-order valence-corrected chi connectivity index (χ4v) is 5.15. The molecule has 2 aromatic rings. The number of rotatable bonds is 10. The quantitative estimate of drug-likeness (QED) is 0.402. The van der Waals surface area contributed by atoms with Gasteiger partial charge < -0.3 is 10.2 Å². The molecule has 1 N–H and O–H groups in total. The van der Waals surface area contributed by atoms with Gasteiger partial charge in [0.2, 0.25) is 11.8 Å². The Morgan fingerprint density at radius 2 is 1.76 bits per heavy atom. The van der Waals surface area contributed by atoms with Crippen molar-refractivity contribution < 1.29 is 14.0 Å². The van der Waals surface area contributed by atoms with Crippen molar-refractivity contribution in [1.82, 2.24) is 10.2 Å². The summed E-state index contributed by atoms with van der Waals surface area (Å²) >= 11 is 7.53. The molecule has 2 amide bonds. The zero-order chi connectivity index (χ0) is 23.6. The van der Waals surface area contributed by atoms with Crippen LogP contribution < -0.4 is 5.32 Å². The minimum Gasteiger partial charge on any atom is -0.352 e. The van der Waals surface area contributed by atoms with Gasteiger partial charge in [0, 0.05) is 34.7 Å². The zero-order valence-electron chi connectivity index (χ0n) is 19.1. The summed E-state index contributed by atoms with van der Waals surface area (Å²) in [6.07, 6.45) is 6.28. The summed E-state index contributed by atoms with van der Waals surface area (Å²) in [6.45, 7) is 2.21. The molecule has 0 saturated heterocycles. The predicted molar refractivity (Wildman–Crippen MR) is 133 cm³/mol. The van der Waals surface area contributed by atoms with Crippen molar-refractivity contribution in [3.63, 3.8) is 0 Å². The lowest BCUT2D eigenvalue weighted by Crippen LogP contribution is -2.51.